The van der Waals surface area contributed by atoms with Gasteiger partial charge in [-0.3, -0.25) is 19.8 Å². The van der Waals surface area contributed by atoms with Crippen molar-refractivity contribution in [1.82, 2.24) is 0 Å². The predicted octanol–water partition coefficient (Wildman–Crippen LogP) is 5.49. The van der Waals surface area contributed by atoms with Crippen molar-refractivity contribution in [2.45, 2.75) is 6.18 Å². The Morgan fingerprint density at radius 2 is 1.93 bits per heavy atom. The number of thioether (sulfide) groups is 1. The van der Waals surface area contributed by atoms with Crippen LogP contribution in [0.1, 0.15) is 11.1 Å². The highest BCUT2D eigenvalue weighted by Gasteiger charge is 2.40. The number of alkyl halides is 3. The van der Waals surface area contributed by atoms with E-state index in [1.807, 2.05) is 0 Å². The number of thiocarbonyl (C=S) groups is 1. The normalized spacial score (nSPS) is 16.0. The summed E-state index contributed by atoms with van der Waals surface area (Å²) in [6.07, 6.45) is -3.43. The number of anilines is 1. The molecule has 2 aromatic rings. The second-order valence-corrected chi connectivity index (χ2v) is 8.19. The van der Waals surface area contributed by atoms with Gasteiger partial charge in [0.1, 0.15) is 0 Å². The Morgan fingerprint density at radius 3 is 2.55 bits per heavy atom. The highest BCUT2D eigenvalue weighted by atomic mass is 79.9. The Morgan fingerprint density at radius 1 is 1.28 bits per heavy atom. The number of carbonyl (C=O) groups excluding carboxylic acids is 1. The number of nitro benzene ring substituents is 1. The number of benzene rings is 2. The summed E-state index contributed by atoms with van der Waals surface area (Å²) in [7, 11) is 0. The summed E-state index contributed by atoms with van der Waals surface area (Å²) in [5, 5.41) is 20.8. The number of nitro groups is 1. The first-order chi connectivity index (χ1) is 13.5. The van der Waals surface area contributed by atoms with E-state index in [0.717, 1.165) is 34.9 Å². The lowest BCUT2D eigenvalue weighted by Gasteiger charge is -2.20. The van der Waals surface area contributed by atoms with E-state index in [9.17, 15) is 33.2 Å². The number of aromatic hydroxyl groups is 1. The molecular weight excluding hydrogens is 497 g/mol. The fraction of sp³-hybridized carbons (Fsp3) is 0.0588. The molecule has 0 aliphatic carbocycles. The van der Waals surface area contributed by atoms with Gasteiger partial charge in [0.05, 0.1) is 25.6 Å². The Kier molecular flexibility index (Phi) is 5.70. The zero-order chi connectivity index (χ0) is 21.5. The van der Waals surface area contributed by atoms with Crippen LogP contribution in [0.4, 0.5) is 24.5 Å². The highest BCUT2D eigenvalue weighted by Crippen LogP contribution is 2.43. The minimum Gasteiger partial charge on any atom is -0.501 e. The van der Waals surface area contributed by atoms with Gasteiger partial charge in [-0.05, 0) is 45.8 Å². The van der Waals surface area contributed by atoms with Gasteiger partial charge in [-0.25, -0.2) is 0 Å². The fourth-order valence-corrected chi connectivity index (χ4v) is 4.31. The van der Waals surface area contributed by atoms with Gasteiger partial charge in [0.15, 0.2) is 4.32 Å². The molecule has 0 radical (unpaired) electrons. The SMILES string of the molecule is O=C1C(=Cc2cc(Br)c(O)c([N+](=O)[O-])c2)SC(=S)N1c1ccccc1C(F)(F)F. The molecule has 3 rings (SSSR count). The zero-order valence-electron chi connectivity index (χ0n) is 13.9. The molecule has 0 saturated carbocycles. The molecule has 12 heteroatoms. The van der Waals surface area contributed by atoms with Crippen LogP contribution >= 0.6 is 39.9 Å². The third-order valence-electron chi connectivity index (χ3n) is 3.80. The van der Waals surface area contributed by atoms with Crippen LogP contribution in [0.15, 0.2) is 45.8 Å². The molecule has 29 heavy (non-hydrogen) atoms. The Hall–Kier alpha value is -2.44. The van der Waals surface area contributed by atoms with Crippen molar-refractivity contribution in [2.75, 3.05) is 4.90 Å². The first-order valence-corrected chi connectivity index (χ1v) is 9.63. The van der Waals surface area contributed by atoms with E-state index in [2.05, 4.69) is 15.9 Å². The number of hydrogen-bond donors (Lipinski definition) is 1. The number of phenols is 1. The molecule has 0 unspecified atom stereocenters. The molecule has 1 N–H and O–H groups in total. The Bertz CT molecular complexity index is 1090. The summed E-state index contributed by atoms with van der Waals surface area (Å²) in [5.74, 6) is -1.37. The second-order valence-electron chi connectivity index (χ2n) is 5.66. The molecule has 1 saturated heterocycles. The first-order valence-electron chi connectivity index (χ1n) is 7.62. The van der Waals surface area contributed by atoms with E-state index in [1.54, 1.807) is 0 Å². The van der Waals surface area contributed by atoms with Crippen molar-refractivity contribution in [3.63, 3.8) is 0 Å². The number of phenolic OH excluding ortho intramolecular Hbond substituents is 1. The van der Waals surface area contributed by atoms with Crippen LogP contribution in [-0.2, 0) is 11.0 Å². The molecule has 150 valence electrons. The lowest BCUT2D eigenvalue weighted by molar-refractivity contribution is -0.386. The maximum absolute atomic E-state index is 13.3. The average molecular weight is 505 g/mol. The van der Waals surface area contributed by atoms with Gasteiger partial charge in [0, 0.05) is 6.07 Å². The largest absolute Gasteiger partial charge is 0.501 e. The van der Waals surface area contributed by atoms with Gasteiger partial charge >= 0.3 is 11.9 Å². The molecule has 1 amide bonds. The van der Waals surface area contributed by atoms with E-state index in [-0.39, 0.29) is 19.3 Å². The van der Waals surface area contributed by atoms with Crippen molar-refractivity contribution in [2.24, 2.45) is 0 Å². The molecule has 2 aromatic carbocycles. The van der Waals surface area contributed by atoms with Gasteiger partial charge in [0.25, 0.3) is 5.91 Å². The first kappa shape index (κ1) is 21.3. The number of rotatable bonds is 3. The van der Waals surface area contributed by atoms with Crippen molar-refractivity contribution in [3.05, 3.63) is 67.0 Å². The maximum Gasteiger partial charge on any atom is 0.418 e. The predicted molar refractivity (Wildman–Crippen MR) is 110 cm³/mol. The summed E-state index contributed by atoms with van der Waals surface area (Å²) in [4.78, 5) is 23.8. The molecule has 1 fully saturated rings. The summed E-state index contributed by atoms with van der Waals surface area (Å²) in [6, 6.07) is 6.91. The van der Waals surface area contributed by atoms with Crippen molar-refractivity contribution in [1.29, 1.82) is 0 Å². The number of hydrogen-bond acceptors (Lipinski definition) is 6. The number of carbonyl (C=O) groups is 1. The maximum atomic E-state index is 13.3. The Balaban J connectivity index is 2.04. The highest BCUT2D eigenvalue weighted by molar-refractivity contribution is 9.10. The van der Waals surface area contributed by atoms with Gasteiger partial charge < -0.3 is 5.11 Å². The molecular formula is C17H8BrF3N2O4S2. The number of halogens is 4. The lowest BCUT2D eigenvalue weighted by atomic mass is 10.1. The smallest absolute Gasteiger partial charge is 0.418 e. The molecule has 0 spiro atoms. The van der Waals surface area contributed by atoms with Crippen LogP contribution in [0.2, 0.25) is 0 Å². The van der Waals surface area contributed by atoms with Crippen molar-refractivity contribution >= 4 is 67.6 Å². The van der Waals surface area contributed by atoms with Crippen LogP contribution < -0.4 is 4.90 Å². The molecule has 0 aromatic heterocycles. The van der Waals surface area contributed by atoms with Crippen LogP contribution in [0, 0.1) is 10.1 Å². The minimum atomic E-state index is -4.69. The average Bonchev–Trinajstić information content (AvgIpc) is 2.90. The van der Waals surface area contributed by atoms with Crippen LogP contribution in [0.5, 0.6) is 5.75 Å². The molecule has 1 aliphatic heterocycles. The number of para-hydroxylation sites is 1. The third kappa shape index (κ3) is 4.14. The topological polar surface area (TPSA) is 83.7 Å². The monoisotopic (exact) mass is 504 g/mol. The fourth-order valence-electron chi connectivity index (χ4n) is 2.56. The quantitative estimate of drug-likeness (QED) is 0.257. The van der Waals surface area contributed by atoms with Gasteiger partial charge in [-0.15, -0.1) is 0 Å². The molecule has 1 aliphatic rings. The molecule has 0 atom stereocenters. The summed E-state index contributed by atoms with van der Waals surface area (Å²) in [5.41, 5.74) is -1.82. The van der Waals surface area contributed by atoms with Crippen molar-refractivity contribution < 1.29 is 28.0 Å². The van der Waals surface area contributed by atoms with Crippen LogP contribution in [-0.4, -0.2) is 20.3 Å². The van der Waals surface area contributed by atoms with E-state index in [0.29, 0.717) is 0 Å². The summed E-state index contributed by atoms with van der Waals surface area (Å²) < 4.78 is 39.8. The molecule has 6 nitrogen and oxygen atoms in total. The van der Waals surface area contributed by atoms with E-state index < -0.39 is 39.7 Å². The van der Waals surface area contributed by atoms with Gasteiger partial charge in [-0.2, -0.15) is 13.2 Å². The summed E-state index contributed by atoms with van der Waals surface area (Å²) in [6.45, 7) is 0. The van der Waals surface area contributed by atoms with E-state index in [4.69, 9.17) is 12.2 Å². The molecule has 1 heterocycles. The Labute approximate surface area is 179 Å². The number of amides is 1. The van der Waals surface area contributed by atoms with Crippen LogP contribution in [0.25, 0.3) is 6.08 Å². The van der Waals surface area contributed by atoms with Crippen LogP contribution in [0.3, 0.4) is 0 Å². The molecule has 0 bridgehead atoms. The van der Waals surface area contributed by atoms with E-state index >= 15 is 0 Å². The second kappa shape index (κ2) is 7.76. The lowest BCUT2D eigenvalue weighted by Crippen LogP contribution is -2.29. The van der Waals surface area contributed by atoms with Crippen molar-refractivity contribution in [3.8, 4) is 5.75 Å². The summed E-state index contributed by atoms with van der Waals surface area (Å²) >= 11 is 8.85. The van der Waals surface area contributed by atoms with Gasteiger partial charge in [-0.1, -0.05) is 36.1 Å². The zero-order valence-corrected chi connectivity index (χ0v) is 17.2. The van der Waals surface area contributed by atoms with E-state index in [1.165, 1.54) is 24.3 Å². The third-order valence-corrected chi connectivity index (χ3v) is 5.71. The number of nitrogens with zero attached hydrogens (tertiary/aromatic N) is 2. The minimum absolute atomic E-state index is 0.0149. The standard InChI is InChI=1S/C17H8BrF3N2O4S2/c18-10-5-8(6-12(14(10)24)23(26)27)7-13-15(25)22(16(28)29-13)11-4-2-1-3-9(11)17(19,20)21/h1-7,24H. The van der Waals surface area contributed by atoms with Gasteiger partial charge in [0.2, 0.25) is 5.75 Å².